The molecule has 1 aromatic carbocycles. The Morgan fingerprint density at radius 3 is 2.38 bits per heavy atom. The summed E-state index contributed by atoms with van der Waals surface area (Å²) in [6.07, 6.45) is 1.23. The Hall–Kier alpha value is -2.42. The second kappa shape index (κ2) is 10.4. The summed E-state index contributed by atoms with van der Waals surface area (Å²) in [6.45, 7) is 3.41. The summed E-state index contributed by atoms with van der Waals surface area (Å²) < 4.78 is 28.0. The molecule has 1 aliphatic heterocycles. The number of carbonyl (C=O) groups excluding carboxylic acids is 3. The lowest BCUT2D eigenvalue weighted by atomic mass is 9.86. The number of esters is 1. The summed E-state index contributed by atoms with van der Waals surface area (Å²) in [6, 6.07) is 9.24. The molecule has 2 N–H and O–H groups in total. The van der Waals surface area contributed by atoms with E-state index in [1.165, 1.54) is 0 Å². The molecule has 0 aromatic heterocycles. The minimum atomic E-state index is -3.06. The molecule has 160 valence electrons. The summed E-state index contributed by atoms with van der Waals surface area (Å²) >= 11 is 0. The van der Waals surface area contributed by atoms with Crippen LogP contribution >= 0.6 is 0 Å². The monoisotopic (exact) mass is 424 g/mol. The Morgan fingerprint density at radius 1 is 1.14 bits per heavy atom. The number of ether oxygens (including phenoxy) is 1. The van der Waals surface area contributed by atoms with E-state index < -0.39 is 40.1 Å². The summed E-state index contributed by atoms with van der Waals surface area (Å²) in [7, 11) is -3.06. The molecule has 0 unspecified atom stereocenters. The van der Waals surface area contributed by atoms with E-state index in [0.717, 1.165) is 12.0 Å². The zero-order valence-electron chi connectivity index (χ0n) is 16.7. The van der Waals surface area contributed by atoms with Crippen molar-refractivity contribution < 1.29 is 27.5 Å². The van der Waals surface area contributed by atoms with Crippen LogP contribution in [0.5, 0.6) is 0 Å². The highest BCUT2D eigenvalue weighted by Gasteiger charge is 2.30. The van der Waals surface area contributed by atoms with E-state index in [1.807, 2.05) is 44.2 Å². The van der Waals surface area contributed by atoms with Crippen molar-refractivity contribution in [2.24, 2.45) is 11.8 Å². The molecule has 1 aliphatic rings. The van der Waals surface area contributed by atoms with Gasteiger partial charge in [-0.05, 0) is 23.8 Å². The molecule has 2 amide bonds. The lowest BCUT2D eigenvalue weighted by Gasteiger charge is -2.21. The van der Waals surface area contributed by atoms with Gasteiger partial charge in [0.1, 0.15) is 0 Å². The van der Waals surface area contributed by atoms with Gasteiger partial charge in [-0.1, -0.05) is 50.6 Å². The summed E-state index contributed by atoms with van der Waals surface area (Å²) in [5.74, 6) is -2.24. The standard InChI is InChI=1S/C20H28N2O6S/c1-3-14(2)19(16-7-5-4-6-8-16)20(25)28-12-18(24)22-21-17(23)11-15-9-10-29(26,27)13-15/h4-8,14-15,19H,3,9-13H2,1-2H3,(H,21,23)(H,22,24)/t14-,15+,19+/m1/s1. The highest BCUT2D eigenvalue weighted by Crippen LogP contribution is 2.28. The van der Waals surface area contributed by atoms with Crippen molar-refractivity contribution in [1.29, 1.82) is 0 Å². The van der Waals surface area contributed by atoms with Gasteiger partial charge in [0.15, 0.2) is 16.4 Å². The maximum Gasteiger partial charge on any atom is 0.314 e. The van der Waals surface area contributed by atoms with Crippen molar-refractivity contribution in [3.8, 4) is 0 Å². The topological polar surface area (TPSA) is 119 Å². The van der Waals surface area contributed by atoms with E-state index in [1.54, 1.807) is 0 Å². The zero-order chi connectivity index (χ0) is 21.4. The van der Waals surface area contributed by atoms with Gasteiger partial charge in [0, 0.05) is 6.42 Å². The van der Waals surface area contributed by atoms with Crippen LogP contribution in [0.4, 0.5) is 0 Å². The first-order valence-electron chi connectivity index (χ1n) is 9.71. The average molecular weight is 425 g/mol. The number of carbonyl (C=O) groups is 3. The SMILES string of the molecule is CC[C@@H](C)[C@H](C(=O)OCC(=O)NNC(=O)C[C@@H]1CCS(=O)(=O)C1)c1ccccc1. The summed E-state index contributed by atoms with van der Waals surface area (Å²) in [4.78, 5) is 36.3. The second-order valence-corrected chi connectivity index (χ2v) is 9.68. The predicted octanol–water partition coefficient (Wildman–Crippen LogP) is 1.33. The molecule has 0 spiro atoms. The van der Waals surface area contributed by atoms with E-state index >= 15 is 0 Å². The molecule has 29 heavy (non-hydrogen) atoms. The van der Waals surface area contributed by atoms with Crippen LogP contribution in [0.25, 0.3) is 0 Å². The van der Waals surface area contributed by atoms with Crippen molar-refractivity contribution in [3.63, 3.8) is 0 Å². The van der Waals surface area contributed by atoms with Crippen molar-refractivity contribution in [3.05, 3.63) is 35.9 Å². The fraction of sp³-hybridized carbons (Fsp3) is 0.550. The van der Waals surface area contributed by atoms with Gasteiger partial charge in [-0.25, -0.2) is 8.42 Å². The Morgan fingerprint density at radius 2 is 1.79 bits per heavy atom. The van der Waals surface area contributed by atoms with Crippen molar-refractivity contribution in [2.75, 3.05) is 18.1 Å². The third-order valence-corrected chi connectivity index (χ3v) is 6.95. The number of hydrazine groups is 1. The maximum absolute atomic E-state index is 12.5. The van der Waals surface area contributed by atoms with Gasteiger partial charge in [0.05, 0.1) is 17.4 Å². The largest absolute Gasteiger partial charge is 0.455 e. The van der Waals surface area contributed by atoms with Crippen LogP contribution < -0.4 is 10.9 Å². The zero-order valence-corrected chi connectivity index (χ0v) is 17.5. The number of benzene rings is 1. The van der Waals surface area contributed by atoms with Gasteiger partial charge in [-0.2, -0.15) is 0 Å². The second-order valence-electron chi connectivity index (χ2n) is 7.45. The Balaban J connectivity index is 1.78. The van der Waals surface area contributed by atoms with Crippen LogP contribution in [0.1, 0.15) is 44.6 Å². The van der Waals surface area contributed by atoms with Gasteiger partial charge >= 0.3 is 5.97 Å². The first-order chi connectivity index (χ1) is 13.7. The minimum Gasteiger partial charge on any atom is -0.455 e. The van der Waals surface area contributed by atoms with Crippen molar-refractivity contribution in [2.45, 2.75) is 39.0 Å². The number of nitrogens with one attached hydrogen (secondary N) is 2. The van der Waals surface area contributed by atoms with Crippen LogP contribution in [0.15, 0.2) is 30.3 Å². The molecule has 9 heteroatoms. The van der Waals surface area contributed by atoms with Crippen LogP contribution in [0.2, 0.25) is 0 Å². The van der Waals surface area contributed by atoms with Crippen molar-refractivity contribution in [1.82, 2.24) is 10.9 Å². The molecule has 1 saturated heterocycles. The normalized spacial score (nSPS) is 19.7. The first kappa shape index (κ1) is 22.9. The van der Waals surface area contributed by atoms with Crippen LogP contribution in [0.3, 0.4) is 0 Å². The number of hydrogen-bond acceptors (Lipinski definition) is 6. The molecule has 0 radical (unpaired) electrons. The number of sulfone groups is 1. The Bertz CT molecular complexity index is 825. The predicted molar refractivity (Wildman–Crippen MR) is 107 cm³/mol. The van der Waals surface area contributed by atoms with Gasteiger partial charge < -0.3 is 4.74 Å². The molecule has 0 bridgehead atoms. The van der Waals surface area contributed by atoms with Gasteiger partial charge in [-0.3, -0.25) is 25.2 Å². The molecule has 8 nitrogen and oxygen atoms in total. The lowest BCUT2D eigenvalue weighted by molar-refractivity contribution is -0.151. The molecular formula is C20H28N2O6S. The van der Waals surface area contributed by atoms with Crippen LogP contribution in [0, 0.1) is 11.8 Å². The van der Waals surface area contributed by atoms with Crippen LogP contribution in [-0.4, -0.2) is 44.3 Å². The van der Waals surface area contributed by atoms with E-state index in [4.69, 9.17) is 4.74 Å². The molecular weight excluding hydrogens is 396 g/mol. The van der Waals surface area contributed by atoms with E-state index in [-0.39, 0.29) is 29.8 Å². The first-order valence-corrected chi connectivity index (χ1v) is 11.5. The highest BCUT2D eigenvalue weighted by atomic mass is 32.2. The minimum absolute atomic E-state index is 0.0114. The molecule has 2 rings (SSSR count). The third-order valence-electron chi connectivity index (χ3n) is 5.11. The van der Waals surface area contributed by atoms with Gasteiger partial charge in [0.2, 0.25) is 5.91 Å². The highest BCUT2D eigenvalue weighted by molar-refractivity contribution is 7.91. The van der Waals surface area contributed by atoms with E-state index in [9.17, 15) is 22.8 Å². The Kier molecular flexibility index (Phi) is 8.19. The molecule has 3 atom stereocenters. The molecule has 1 fully saturated rings. The van der Waals surface area contributed by atoms with Crippen LogP contribution in [-0.2, 0) is 29.0 Å². The quantitative estimate of drug-likeness (QED) is 0.480. The third kappa shape index (κ3) is 7.16. The van der Waals surface area contributed by atoms with Gasteiger partial charge in [0.25, 0.3) is 5.91 Å². The van der Waals surface area contributed by atoms with Crippen molar-refractivity contribution >= 4 is 27.6 Å². The fourth-order valence-electron chi connectivity index (χ4n) is 3.34. The van der Waals surface area contributed by atoms with Gasteiger partial charge in [-0.15, -0.1) is 0 Å². The number of hydrogen-bond donors (Lipinski definition) is 2. The van der Waals surface area contributed by atoms with E-state index in [0.29, 0.717) is 6.42 Å². The molecule has 1 aromatic rings. The number of rotatable bonds is 8. The average Bonchev–Trinajstić information content (AvgIpc) is 3.03. The van der Waals surface area contributed by atoms with E-state index in [2.05, 4.69) is 10.9 Å². The fourth-order valence-corrected chi connectivity index (χ4v) is 5.20. The smallest absolute Gasteiger partial charge is 0.314 e. The Labute approximate surface area is 171 Å². The summed E-state index contributed by atoms with van der Waals surface area (Å²) in [5, 5.41) is 0. The maximum atomic E-state index is 12.5. The molecule has 1 heterocycles. The summed E-state index contributed by atoms with van der Waals surface area (Å²) in [5.41, 5.74) is 5.25. The lowest BCUT2D eigenvalue weighted by Crippen LogP contribution is -2.44. The molecule has 0 saturated carbocycles. The number of amides is 2. The molecule has 0 aliphatic carbocycles.